The van der Waals surface area contributed by atoms with Gasteiger partial charge in [0.05, 0.1) is 13.2 Å². The van der Waals surface area contributed by atoms with Crippen molar-refractivity contribution in [2.75, 3.05) is 13.2 Å². The van der Waals surface area contributed by atoms with Gasteiger partial charge in [0.15, 0.2) is 5.79 Å². The van der Waals surface area contributed by atoms with Gasteiger partial charge in [0, 0.05) is 24.2 Å². The lowest BCUT2D eigenvalue weighted by atomic mass is 9.45. The highest BCUT2D eigenvalue weighted by Crippen LogP contribution is 2.66. The van der Waals surface area contributed by atoms with Gasteiger partial charge < -0.3 is 9.47 Å². The predicted molar refractivity (Wildman–Crippen MR) is 91.7 cm³/mol. The Morgan fingerprint density at radius 3 is 2.74 bits per heavy atom. The SMILES string of the molecule is C#CC[C@]12CCCC=C1C1(C)CCC3(OCCO3)C(C)[C@@H]1CC2. The van der Waals surface area contributed by atoms with Crippen LogP contribution in [-0.2, 0) is 9.47 Å². The van der Waals surface area contributed by atoms with Crippen LogP contribution in [0.3, 0.4) is 0 Å². The Kier molecular flexibility index (Phi) is 3.67. The first-order valence-electron chi connectivity index (χ1n) is 9.49. The van der Waals surface area contributed by atoms with Crippen molar-refractivity contribution < 1.29 is 9.47 Å². The van der Waals surface area contributed by atoms with Crippen LogP contribution >= 0.6 is 0 Å². The molecule has 0 aromatic carbocycles. The van der Waals surface area contributed by atoms with E-state index in [4.69, 9.17) is 15.9 Å². The van der Waals surface area contributed by atoms with Crippen molar-refractivity contribution >= 4 is 0 Å². The number of fused-ring (bicyclic) bond motifs is 3. The summed E-state index contributed by atoms with van der Waals surface area (Å²) >= 11 is 0. The minimum Gasteiger partial charge on any atom is -0.347 e. The summed E-state index contributed by atoms with van der Waals surface area (Å²) in [7, 11) is 0. The van der Waals surface area contributed by atoms with Crippen molar-refractivity contribution in [3.8, 4) is 12.3 Å². The Labute approximate surface area is 141 Å². The first kappa shape index (κ1) is 15.7. The van der Waals surface area contributed by atoms with E-state index in [0.717, 1.165) is 26.1 Å². The maximum atomic E-state index is 6.12. The van der Waals surface area contributed by atoms with Crippen LogP contribution < -0.4 is 0 Å². The van der Waals surface area contributed by atoms with Crippen LogP contribution in [0.15, 0.2) is 11.6 Å². The molecule has 2 saturated carbocycles. The molecule has 1 aliphatic heterocycles. The fourth-order valence-corrected chi connectivity index (χ4v) is 6.52. The van der Waals surface area contributed by atoms with E-state index in [9.17, 15) is 0 Å². The predicted octanol–water partition coefficient (Wildman–Crippen LogP) is 4.70. The van der Waals surface area contributed by atoms with Crippen molar-refractivity contribution in [1.82, 2.24) is 0 Å². The summed E-state index contributed by atoms with van der Waals surface area (Å²) in [5, 5.41) is 0. The molecule has 1 heterocycles. The number of ether oxygens (including phenoxy) is 2. The van der Waals surface area contributed by atoms with Crippen LogP contribution in [0.25, 0.3) is 0 Å². The lowest BCUT2D eigenvalue weighted by Crippen LogP contribution is -2.56. The van der Waals surface area contributed by atoms with Gasteiger partial charge in [0.1, 0.15) is 0 Å². The Balaban J connectivity index is 1.71. The molecule has 4 aliphatic rings. The van der Waals surface area contributed by atoms with Gasteiger partial charge in [-0.25, -0.2) is 0 Å². The van der Waals surface area contributed by atoms with Crippen LogP contribution in [0.4, 0.5) is 0 Å². The van der Waals surface area contributed by atoms with Crippen LogP contribution in [0.1, 0.15) is 65.2 Å². The number of allylic oxidation sites excluding steroid dienone is 2. The van der Waals surface area contributed by atoms with E-state index in [1.54, 1.807) is 5.57 Å². The van der Waals surface area contributed by atoms with Gasteiger partial charge in [-0.1, -0.05) is 25.5 Å². The zero-order valence-corrected chi connectivity index (χ0v) is 14.7. The third-order valence-corrected chi connectivity index (χ3v) is 7.65. The standard InChI is InChI=1S/C21H30O2/c1-4-9-20-10-6-5-7-18(20)19(3)12-13-21(22-14-15-23-21)16(2)17(19)8-11-20/h1,7,16-17H,5-6,8-15H2,2-3H3/t16?,17-,19?,20+/m0/s1. The molecule has 3 fully saturated rings. The second kappa shape index (κ2) is 5.36. The van der Waals surface area contributed by atoms with Gasteiger partial charge in [-0.2, -0.15) is 0 Å². The first-order valence-corrected chi connectivity index (χ1v) is 9.49. The van der Waals surface area contributed by atoms with E-state index in [1.165, 1.54) is 38.5 Å². The van der Waals surface area contributed by atoms with E-state index in [-0.39, 0.29) is 11.2 Å². The van der Waals surface area contributed by atoms with Crippen molar-refractivity contribution in [3.05, 3.63) is 11.6 Å². The van der Waals surface area contributed by atoms with Gasteiger partial charge in [-0.05, 0) is 49.9 Å². The van der Waals surface area contributed by atoms with Gasteiger partial charge in [-0.3, -0.25) is 0 Å². The summed E-state index contributed by atoms with van der Waals surface area (Å²) in [6.45, 7) is 6.40. The van der Waals surface area contributed by atoms with Gasteiger partial charge in [0.2, 0.25) is 0 Å². The van der Waals surface area contributed by atoms with E-state index in [1.807, 2.05) is 0 Å². The highest BCUT2D eigenvalue weighted by molar-refractivity contribution is 5.32. The van der Waals surface area contributed by atoms with E-state index in [2.05, 4.69) is 25.8 Å². The maximum absolute atomic E-state index is 6.12. The fourth-order valence-electron chi connectivity index (χ4n) is 6.52. The molecular weight excluding hydrogens is 284 g/mol. The molecule has 126 valence electrons. The monoisotopic (exact) mass is 314 g/mol. The minimum atomic E-state index is -0.300. The lowest BCUT2D eigenvalue weighted by molar-refractivity contribution is -0.244. The summed E-state index contributed by atoms with van der Waals surface area (Å²) in [5.74, 6) is 3.83. The number of rotatable bonds is 1. The molecule has 2 heteroatoms. The third kappa shape index (κ3) is 2.09. The molecule has 4 atom stereocenters. The third-order valence-electron chi connectivity index (χ3n) is 7.65. The molecule has 0 amide bonds. The average molecular weight is 314 g/mol. The second-order valence-electron chi connectivity index (χ2n) is 8.53. The second-order valence-corrected chi connectivity index (χ2v) is 8.53. The molecule has 0 N–H and O–H groups in total. The Hall–Kier alpha value is -0.780. The van der Waals surface area contributed by atoms with Crippen LogP contribution in [0.5, 0.6) is 0 Å². The molecule has 2 nitrogen and oxygen atoms in total. The normalized spacial score (nSPS) is 45.0. The molecule has 2 unspecified atom stereocenters. The molecule has 0 aromatic heterocycles. The lowest BCUT2D eigenvalue weighted by Gasteiger charge is -2.61. The highest BCUT2D eigenvalue weighted by atomic mass is 16.7. The largest absolute Gasteiger partial charge is 0.347 e. The van der Waals surface area contributed by atoms with Crippen molar-refractivity contribution in [3.63, 3.8) is 0 Å². The number of hydrogen-bond donors (Lipinski definition) is 0. The van der Waals surface area contributed by atoms with E-state index in [0.29, 0.717) is 17.3 Å². The van der Waals surface area contributed by atoms with E-state index >= 15 is 0 Å². The summed E-state index contributed by atoms with van der Waals surface area (Å²) in [6.07, 6.45) is 17.8. The van der Waals surface area contributed by atoms with Crippen molar-refractivity contribution in [2.24, 2.45) is 22.7 Å². The molecule has 23 heavy (non-hydrogen) atoms. The summed E-state index contributed by atoms with van der Waals surface area (Å²) in [4.78, 5) is 0. The van der Waals surface area contributed by atoms with Crippen LogP contribution in [-0.4, -0.2) is 19.0 Å². The summed E-state index contributed by atoms with van der Waals surface area (Å²) < 4.78 is 12.2. The summed E-state index contributed by atoms with van der Waals surface area (Å²) in [5.41, 5.74) is 2.28. The zero-order chi connectivity index (χ0) is 16.1. The van der Waals surface area contributed by atoms with Crippen molar-refractivity contribution in [2.45, 2.75) is 71.0 Å². The Morgan fingerprint density at radius 1 is 1.22 bits per heavy atom. The van der Waals surface area contributed by atoms with Crippen molar-refractivity contribution in [1.29, 1.82) is 0 Å². The van der Waals surface area contributed by atoms with Crippen LogP contribution in [0, 0.1) is 35.0 Å². The zero-order valence-electron chi connectivity index (χ0n) is 14.7. The molecule has 1 spiro atoms. The summed E-state index contributed by atoms with van der Waals surface area (Å²) in [6, 6.07) is 0. The average Bonchev–Trinajstić information content (AvgIpc) is 3.02. The Morgan fingerprint density at radius 2 is 2.00 bits per heavy atom. The number of hydrogen-bond acceptors (Lipinski definition) is 2. The highest BCUT2D eigenvalue weighted by Gasteiger charge is 2.60. The molecule has 0 bridgehead atoms. The molecule has 1 saturated heterocycles. The first-order chi connectivity index (χ1) is 11.1. The molecular formula is C21H30O2. The smallest absolute Gasteiger partial charge is 0.171 e. The van der Waals surface area contributed by atoms with E-state index < -0.39 is 0 Å². The van der Waals surface area contributed by atoms with Gasteiger partial charge in [0.25, 0.3) is 0 Å². The fraction of sp³-hybridized carbons (Fsp3) is 0.810. The van der Waals surface area contributed by atoms with Gasteiger partial charge >= 0.3 is 0 Å². The molecule has 3 aliphatic carbocycles. The Bertz CT molecular complexity index is 551. The topological polar surface area (TPSA) is 18.5 Å². The van der Waals surface area contributed by atoms with Gasteiger partial charge in [-0.15, -0.1) is 12.3 Å². The molecule has 0 aromatic rings. The van der Waals surface area contributed by atoms with Crippen LogP contribution in [0.2, 0.25) is 0 Å². The molecule has 4 rings (SSSR count). The molecule has 0 radical (unpaired) electrons. The maximum Gasteiger partial charge on any atom is 0.171 e. The quantitative estimate of drug-likeness (QED) is 0.516. The number of terminal acetylenes is 1. The minimum absolute atomic E-state index is 0.287.